The third kappa shape index (κ3) is 3.99. The highest BCUT2D eigenvalue weighted by molar-refractivity contribution is 7.86. The highest BCUT2D eigenvalue weighted by atomic mass is 32.2. The maximum atomic E-state index is 11.4. The van der Waals surface area contributed by atoms with Crippen molar-refractivity contribution in [2.24, 2.45) is 0 Å². The van der Waals surface area contributed by atoms with Crippen molar-refractivity contribution < 1.29 is 36.2 Å². The molecule has 10 heteroatoms. The molecule has 0 radical (unpaired) electrons. The molecule has 0 saturated carbocycles. The summed E-state index contributed by atoms with van der Waals surface area (Å²) >= 11 is 0. The first-order chi connectivity index (χ1) is 10.5. The molecule has 0 atom stereocenters. The van der Waals surface area contributed by atoms with Gasteiger partial charge in [0.15, 0.2) is 0 Å². The molecule has 23 heavy (non-hydrogen) atoms. The first-order valence-electron chi connectivity index (χ1n) is 6.07. The number of rotatable bonds is 4. The Morgan fingerprint density at radius 3 is 1.35 bits per heavy atom. The second kappa shape index (κ2) is 5.81. The van der Waals surface area contributed by atoms with E-state index in [2.05, 4.69) is 0 Å². The summed E-state index contributed by atoms with van der Waals surface area (Å²) in [6.07, 6.45) is -0.382. The quantitative estimate of drug-likeness (QED) is 0.594. The van der Waals surface area contributed by atoms with E-state index in [1.54, 1.807) is 0 Å². The Hall–Kier alpha value is -2.14. The van der Waals surface area contributed by atoms with E-state index in [4.69, 9.17) is 0 Å². The van der Waals surface area contributed by atoms with Crippen LogP contribution in [-0.4, -0.2) is 36.2 Å². The summed E-state index contributed by atoms with van der Waals surface area (Å²) in [5, 5.41) is 18.9. The number of benzene rings is 2. The Morgan fingerprint density at radius 2 is 1.04 bits per heavy atom. The Morgan fingerprint density at radius 1 is 0.696 bits per heavy atom. The standard InChI is InChI=1S/C13H12O8S2/c14-10-1-3-12(22(16,17)18)8(6-10)5-9-7-11(15)2-4-13(9)23(19,20)21/h1-4,6-7,14-15H,5H2,(H,16,17,18)(H,19,20,21). The fourth-order valence-corrected chi connectivity index (χ4v) is 3.52. The topological polar surface area (TPSA) is 149 Å². The van der Waals surface area contributed by atoms with Crippen LogP contribution in [0.5, 0.6) is 11.5 Å². The van der Waals surface area contributed by atoms with Crippen LogP contribution in [0.25, 0.3) is 0 Å². The van der Waals surface area contributed by atoms with Crippen molar-refractivity contribution in [1.29, 1.82) is 0 Å². The average Bonchev–Trinajstić information content (AvgIpc) is 2.35. The van der Waals surface area contributed by atoms with Gasteiger partial charge in [0.2, 0.25) is 0 Å². The molecule has 0 aromatic heterocycles. The zero-order chi connectivity index (χ0) is 17.4. The molecule has 2 aromatic rings. The molecule has 124 valence electrons. The molecule has 2 rings (SSSR count). The van der Waals surface area contributed by atoms with Crippen LogP contribution in [0.4, 0.5) is 0 Å². The van der Waals surface area contributed by atoms with Crippen molar-refractivity contribution in [1.82, 2.24) is 0 Å². The Balaban J connectivity index is 2.65. The summed E-state index contributed by atoms with van der Waals surface area (Å²) in [6, 6.07) is 6.05. The van der Waals surface area contributed by atoms with Crippen molar-refractivity contribution >= 4 is 20.2 Å². The highest BCUT2D eigenvalue weighted by Crippen LogP contribution is 2.28. The first kappa shape index (κ1) is 17.2. The van der Waals surface area contributed by atoms with Crippen LogP contribution >= 0.6 is 0 Å². The molecule has 0 bridgehead atoms. The summed E-state index contributed by atoms with van der Waals surface area (Å²) in [5.74, 6) is -0.609. The second-order valence-corrected chi connectivity index (χ2v) is 7.49. The Labute approximate surface area is 132 Å². The van der Waals surface area contributed by atoms with Gasteiger partial charge < -0.3 is 10.2 Å². The SMILES string of the molecule is O=S(=O)(O)c1ccc(O)cc1Cc1cc(O)ccc1S(=O)(=O)O. The summed E-state index contributed by atoms with van der Waals surface area (Å²) in [7, 11) is -9.23. The van der Waals surface area contributed by atoms with E-state index in [1.165, 1.54) is 0 Å². The van der Waals surface area contributed by atoms with Gasteiger partial charge in [0, 0.05) is 6.42 Å². The van der Waals surface area contributed by atoms with Gasteiger partial charge in [0.1, 0.15) is 11.5 Å². The fraction of sp³-hybridized carbons (Fsp3) is 0.0769. The van der Waals surface area contributed by atoms with Gasteiger partial charge in [-0.1, -0.05) is 0 Å². The minimum absolute atomic E-state index is 0.108. The maximum absolute atomic E-state index is 11.4. The molecule has 8 nitrogen and oxygen atoms in total. The van der Waals surface area contributed by atoms with Crippen LogP contribution in [0, 0.1) is 0 Å². The number of hydrogen-bond acceptors (Lipinski definition) is 6. The lowest BCUT2D eigenvalue weighted by Gasteiger charge is -2.11. The van der Waals surface area contributed by atoms with Crippen LogP contribution in [-0.2, 0) is 26.7 Å². The predicted octanol–water partition coefficient (Wildman–Crippen LogP) is 1.18. The number of phenols is 2. The summed E-state index contributed by atoms with van der Waals surface area (Å²) in [4.78, 5) is -1.06. The van der Waals surface area contributed by atoms with E-state index in [1.807, 2.05) is 0 Å². The molecule has 2 aromatic carbocycles. The van der Waals surface area contributed by atoms with Gasteiger partial charge in [-0.05, 0) is 47.5 Å². The molecule has 0 heterocycles. The molecule has 0 spiro atoms. The number of aromatic hydroxyl groups is 2. The van der Waals surface area contributed by atoms with Crippen LogP contribution in [0.1, 0.15) is 11.1 Å². The van der Waals surface area contributed by atoms with Gasteiger partial charge in [0.25, 0.3) is 20.2 Å². The summed E-state index contributed by atoms with van der Waals surface area (Å²) in [5.41, 5.74) is -0.217. The van der Waals surface area contributed by atoms with E-state index in [0.717, 1.165) is 36.4 Å². The molecule has 0 unspecified atom stereocenters. The van der Waals surface area contributed by atoms with Crippen molar-refractivity contribution in [3.63, 3.8) is 0 Å². The van der Waals surface area contributed by atoms with Gasteiger partial charge in [-0.3, -0.25) is 9.11 Å². The van der Waals surface area contributed by atoms with E-state index in [0.29, 0.717) is 0 Å². The molecule has 4 N–H and O–H groups in total. The van der Waals surface area contributed by atoms with E-state index >= 15 is 0 Å². The number of hydrogen-bond donors (Lipinski definition) is 4. The predicted molar refractivity (Wildman–Crippen MR) is 78.6 cm³/mol. The largest absolute Gasteiger partial charge is 0.508 e. The van der Waals surface area contributed by atoms with Crippen LogP contribution < -0.4 is 0 Å². The van der Waals surface area contributed by atoms with Gasteiger partial charge in [-0.2, -0.15) is 16.8 Å². The minimum Gasteiger partial charge on any atom is -0.508 e. The summed E-state index contributed by atoms with van der Waals surface area (Å²) in [6.45, 7) is 0. The second-order valence-electron chi connectivity index (χ2n) is 4.71. The first-order valence-corrected chi connectivity index (χ1v) is 8.95. The molecule has 0 aliphatic carbocycles. The highest BCUT2D eigenvalue weighted by Gasteiger charge is 2.21. The monoisotopic (exact) mass is 360 g/mol. The maximum Gasteiger partial charge on any atom is 0.294 e. The van der Waals surface area contributed by atoms with E-state index < -0.39 is 30.0 Å². The minimum atomic E-state index is -4.61. The molecule has 0 amide bonds. The average molecular weight is 360 g/mol. The van der Waals surface area contributed by atoms with Crippen LogP contribution in [0.15, 0.2) is 46.2 Å². The van der Waals surface area contributed by atoms with Gasteiger partial charge in [-0.25, -0.2) is 0 Å². The van der Waals surface area contributed by atoms with Crippen molar-refractivity contribution in [3.05, 3.63) is 47.5 Å². The Kier molecular flexibility index (Phi) is 4.35. The molecular formula is C13H12O8S2. The van der Waals surface area contributed by atoms with E-state index in [-0.39, 0.29) is 29.0 Å². The van der Waals surface area contributed by atoms with Gasteiger partial charge >= 0.3 is 0 Å². The molecule has 0 aliphatic heterocycles. The van der Waals surface area contributed by atoms with Crippen molar-refractivity contribution in [2.45, 2.75) is 16.2 Å². The summed E-state index contributed by atoms with van der Waals surface area (Å²) < 4.78 is 63.8. The van der Waals surface area contributed by atoms with Gasteiger partial charge in [0.05, 0.1) is 9.79 Å². The van der Waals surface area contributed by atoms with Crippen LogP contribution in [0.2, 0.25) is 0 Å². The Bertz CT molecular complexity index is 882. The lowest BCUT2D eigenvalue weighted by molar-refractivity contribution is 0.471. The zero-order valence-corrected chi connectivity index (χ0v) is 13.0. The zero-order valence-electron chi connectivity index (χ0n) is 11.4. The molecular weight excluding hydrogens is 348 g/mol. The smallest absolute Gasteiger partial charge is 0.294 e. The van der Waals surface area contributed by atoms with E-state index in [9.17, 15) is 36.2 Å². The normalized spacial score (nSPS) is 12.3. The molecule has 0 fully saturated rings. The lowest BCUT2D eigenvalue weighted by Crippen LogP contribution is -2.07. The van der Waals surface area contributed by atoms with Crippen molar-refractivity contribution in [2.75, 3.05) is 0 Å². The lowest BCUT2D eigenvalue weighted by atomic mass is 10.0. The molecule has 0 saturated heterocycles. The third-order valence-electron chi connectivity index (χ3n) is 3.02. The number of phenolic OH excluding ortho intramolecular Hbond substituents is 2. The fourth-order valence-electron chi connectivity index (χ4n) is 2.12. The third-order valence-corrected chi connectivity index (χ3v) is 4.93. The van der Waals surface area contributed by atoms with Crippen molar-refractivity contribution in [3.8, 4) is 11.5 Å². The van der Waals surface area contributed by atoms with Crippen LogP contribution in [0.3, 0.4) is 0 Å². The molecule has 0 aliphatic rings. The van der Waals surface area contributed by atoms with Gasteiger partial charge in [-0.15, -0.1) is 0 Å².